The van der Waals surface area contributed by atoms with E-state index >= 15 is 0 Å². The van der Waals surface area contributed by atoms with E-state index in [2.05, 4.69) is 0 Å². The second-order valence-electron chi connectivity index (χ2n) is 3.34. The largest absolute Gasteiger partial charge is 0.375 e. The van der Waals surface area contributed by atoms with Gasteiger partial charge in [0.2, 0.25) is 5.91 Å². The number of hydrogen-bond acceptors (Lipinski definition) is 3. The number of rotatable bonds is 2. The van der Waals surface area contributed by atoms with E-state index in [0.717, 1.165) is 6.54 Å². The number of nitrogens with zero attached hydrogens (tertiary/aromatic N) is 1. The second kappa shape index (κ2) is 4.86. The zero-order valence-electron chi connectivity index (χ0n) is 8.45. The van der Waals surface area contributed by atoms with Gasteiger partial charge in [-0.2, -0.15) is 11.8 Å². The van der Waals surface area contributed by atoms with Gasteiger partial charge < -0.3 is 9.64 Å². The lowest BCUT2D eigenvalue weighted by atomic mass is 10.1. The fourth-order valence-electron chi connectivity index (χ4n) is 1.49. The predicted octanol–water partition coefficient (Wildman–Crippen LogP) is 0.985. The third-order valence-corrected chi connectivity index (χ3v) is 3.01. The lowest BCUT2D eigenvalue weighted by Gasteiger charge is -2.37. The first-order chi connectivity index (χ1) is 6.16. The van der Waals surface area contributed by atoms with Gasteiger partial charge in [-0.1, -0.05) is 0 Å². The van der Waals surface area contributed by atoms with E-state index in [9.17, 15) is 4.79 Å². The number of thioether (sulfide) groups is 1. The molecule has 0 spiro atoms. The summed E-state index contributed by atoms with van der Waals surface area (Å²) in [7, 11) is 0. The first kappa shape index (κ1) is 10.9. The lowest BCUT2D eigenvalue weighted by molar-refractivity contribution is -0.141. The van der Waals surface area contributed by atoms with Crippen molar-refractivity contribution in [2.45, 2.75) is 26.0 Å². The third-order valence-electron chi connectivity index (χ3n) is 2.47. The standard InChI is InChI=1S/C9H17NO2S/c1-7-8(2)12-5-4-10(7)9(11)6-13-3/h7-8H,4-6H2,1-3H3. The molecule has 13 heavy (non-hydrogen) atoms. The summed E-state index contributed by atoms with van der Waals surface area (Å²) in [5, 5.41) is 0. The summed E-state index contributed by atoms with van der Waals surface area (Å²) < 4.78 is 5.45. The molecule has 0 saturated carbocycles. The van der Waals surface area contributed by atoms with Crippen LogP contribution >= 0.6 is 11.8 Å². The van der Waals surface area contributed by atoms with Crippen molar-refractivity contribution >= 4 is 17.7 Å². The Morgan fingerprint density at radius 1 is 1.62 bits per heavy atom. The average Bonchev–Trinajstić information content (AvgIpc) is 2.10. The maximum atomic E-state index is 11.6. The SMILES string of the molecule is CSCC(=O)N1CCOC(C)C1C. The van der Waals surface area contributed by atoms with E-state index in [1.807, 2.05) is 25.0 Å². The Morgan fingerprint density at radius 3 is 2.92 bits per heavy atom. The van der Waals surface area contributed by atoms with Crippen LogP contribution in [0.3, 0.4) is 0 Å². The first-order valence-electron chi connectivity index (χ1n) is 4.57. The molecule has 3 nitrogen and oxygen atoms in total. The van der Waals surface area contributed by atoms with Crippen LogP contribution in [0.25, 0.3) is 0 Å². The van der Waals surface area contributed by atoms with Crippen LogP contribution in [0.1, 0.15) is 13.8 Å². The smallest absolute Gasteiger partial charge is 0.232 e. The average molecular weight is 203 g/mol. The van der Waals surface area contributed by atoms with Gasteiger partial charge in [0.1, 0.15) is 0 Å². The maximum absolute atomic E-state index is 11.6. The molecule has 0 radical (unpaired) electrons. The molecule has 1 heterocycles. The van der Waals surface area contributed by atoms with E-state index in [-0.39, 0.29) is 18.1 Å². The zero-order valence-corrected chi connectivity index (χ0v) is 9.26. The van der Waals surface area contributed by atoms with E-state index in [4.69, 9.17) is 4.74 Å². The van der Waals surface area contributed by atoms with Gasteiger partial charge in [0.15, 0.2) is 0 Å². The van der Waals surface area contributed by atoms with Crippen LogP contribution in [-0.2, 0) is 9.53 Å². The molecular formula is C9H17NO2S. The summed E-state index contributed by atoms with van der Waals surface area (Å²) in [6.45, 7) is 5.47. The van der Waals surface area contributed by atoms with Gasteiger partial charge in [-0.25, -0.2) is 0 Å². The highest BCUT2D eigenvalue weighted by Gasteiger charge is 2.28. The first-order valence-corrected chi connectivity index (χ1v) is 5.96. The lowest BCUT2D eigenvalue weighted by Crippen LogP contribution is -2.51. The summed E-state index contributed by atoms with van der Waals surface area (Å²) in [6.07, 6.45) is 2.12. The fourth-order valence-corrected chi connectivity index (χ4v) is 1.90. The van der Waals surface area contributed by atoms with Gasteiger partial charge in [-0.05, 0) is 20.1 Å². The summed E-state index contributed by atoms with van der Waals surface area (Å²) in [5.41, 5.74) is 0. The number of carbonyl (C=O) groups is 1. The highest BCUT2D eigenvalue weighted by Crippen LogP contribution is 2.14. The highest BCUT2D eigenvalue weighted by molar-refractivity contribution is 7.99. The Bertz CT molecular complexity index is 186. The summed E-state index contributed by atoms with van der Waals surface area (Å²) in [4.78, 5) is 13.5. The summed E-state index contributed by atoms with van der Waals surface area (Å²) in [5.74, 6) is 0.812. The van der Waals surface area contributed by atoms with Crippen LogP contribution < -0.4 is 0 Å². The second-order valence-corrected chi connectivity index (χ2v) is 4.20. The number of morpholine rings is 1. The topological polar surface area (TPSA) is 29.5 Å². The molecule has 1 rings (SSSR count). The fraction of sp³-hybridized carbons (Fsp3) is 0.889. The van der Waals surface area contributed by atoms with Crippen molar-refractivity contribution in [3.05, 3.63) is 0 Å². The van der Waals surface area contributed by atoms with Gasteiger partial charge in [-0.3, -0.25) is 4.79 Å². The molecule has 1 fully saturated rings. The van der Waals surface area contributed by atoms with Crippen LogP contribution in [0.5, 0.6) is 0 Å². The van der Waals surface area contributed by atoms with E-state index in [1.54, 1.807) is 11.8 Å². The number of ether oxygens (including phenoxy) is 1. The quantitative estimate of drug-likeness (QED) is 0.670. The van der Waals surface area contributed by atoms with E-state index < -0.39 is 0 Å². The van der Waals surface area contributed by atoms with Gasteiger partial charge in [0, 0.05) is 6.54 Å². The monoisotopic (exact) mass is 203 g/mol. The molecule has 1 saturated heterocycles. The normalized spacial score (nSPS) is 29.0. The molecule has 0 aromatic rings. The van der Waals surface area contributed by atoms with Gasteiger partial charge >= 0.3 is 0 Å². The predicted molar refractivity (Wildman–Crippen MR) is 55.0 cm³/mol. The molecule has 0 aromatic carbocycles. The maximum Gasteiger partial charge on any atom is 0.232 e. The van der Waals surface area contributed by atoms with Gasteiger partial charge in [0.25, 0.3) is 0 Å². The summed E-state index contributed by atoms with van der Waals surface area (Å²) in [6, 6.07) is 0.216. The number of carbonyl (C=O) groups excluding carboxylic acids is 1. The van der Waals surface area contributed by atoms with Crippen molar-refractivity contribution in [1.29, 1.82) is 0 Å². The van der Waals surface area contributed by atoms with Crippen LogP contribution in [0.2, 0.25) is 0 Å². The van der Waals surface area contributed by atoms with Crippen LogP contribution in [0.4, 0.5) is 0 Å². The van der Waals surface area contributed by atoms with Crippen molar-refractivity contribution in [3.8, 4) is 0 Å². The molecule has 1 aliphatic rings. The minimum absolute atomic E-state index is 0.166. The molecule has 4 heteroatoms. The summed E-state index contributed by atoms with van der Waals surface area (Å²) >= 11 is 1.57. The van der Waals surface area contributed by atoms with Crippen molar-refractivity contribution < 1.29 is 9.53 Å². The Morgan fingerprint density at radius 2 is 2.31 bits per heavy atom. The Labute approximate surface area is 83.8 Å². The Kier molecular flexibility index (Phi) is 4.06. The molecule has 0 aliphatic carbocycles. The van der Waals surface area contributed by atoms with Crippen molar-refractivity contribution in [2.75, 3.05) is 25.2 Å². The molecule has 76 valence electrons. The van der Waals surface area contributed by atoms with Crippen LogP contribution in [-0.4, -0.2) is 48.1 Å². The van der Waals surface area contributed by atoms with Crippen molar-refractivity contribution in [2.24, 2.45) is 0 Å². The molecule has 1 aliphatic heterocycles. The molecule has 0 N–H and O–H groups in total. The van der Waals surface area contributed by atoms with E-state index in [1.165, 1.54) is 0 Å². The van der Waals surface area contributed by atoms with Crippen molar-refractivity contribution in [1.82, 2.24) is 4.90 Å². The molecule has 2 atom stereocenters. The van der Waals surface area contributed by atoms with Crippen LogP contribution in [0, 0.1) is 0 Å². The molecule has 0 aromatic heterocycles. The van der Waals surface area contributed by atoms with Gasteiger partial charge in [-0.15, -0.1) is 0 Å². The Hall–Kier alpha value is -0.220. The van der Waals surface area contributed by atoms with Crippen LogP contribution in [0.15, 0.2) is 0 Å². The minimum Gasteiger partial charge on any atom is -0.375 e. The number of amides is 1. The van der Waals surface area contributed by atoms with Crippen molar-refractivity contribution in [3.63, 3.8) is 0 Å². The zero-order chi connectivity index (χ0) is 9.84. The third kappa shape index (κ3) is 2.61. The molecule has 1 amide bonds. The number of hydrogen-bond donors (Lipinski definition) is 0. The minimum atomic E-state index is 0.166. The van der Waals surface area contributed by atoms with Gasteiger partial charge in [0.05, 0.1) is 24.5 Å². The molecule has 2 unspecified atom stereocenters. The molecule has 0 bridgehead atoms. The highest BCUT2D eigenvalue weighted by atomic mass is 32.2. The molecular weight excluding hydrogens is 186 g/mol. The van der Waals surface area contributed by atoms with E-state index in [0.29, 0.717) is 12.4 Å². The Balaban J connectivity index is 2.52.